The second kappa shape index (κ2) is 19.2. The number of nitrogen functional groups attached to an aromatic ring is 1. The number of rotatable bonds is 14. The van der Waals surface area contributed by atoms with Crippen LogP contribution in [0.2, 0.25) is 0 Å². The maximum atomic E-state index is 13.5. The predicted molar refractivity (Wildman–Crippen MR) is 161 cm³/mol. The van der Waals surface area contributed by atoms with Gasteiger partial charge in [0.1, 0.15) is 11.6 Å². The zero-order chi connectivity index (χ0) is 33.2. The van der Waals surface area contributed by atoms with Gasteiger partial charge in [-0.15, -0.1) is 0 Å². The zero-order valence-electron chi connectivity index (χ0n) is 25.5. The maximum Gasteiger partial charge on any atom is 0.343 e. The number of hydrogen-bond donors (Lipinski definition) is 3. The van der Waals surface area contributed by atoms with Crippen molar-refractivity contribution in [3.8, 4) is 5.75 Å². The van der Waals surface area contributed by atoms with Gasteiger partial charge in [0.2, 0.25) is 6.04 Å². The topological polar surface area (TPSA) is 196 Å². The van der Waals surface area contributed by atoms with Gasteiger partial charge in [-0.25, -0.2) is 14.4 Å². The van der Waals surface area contributed by atoms with Gasteiger partial charge in [-0.05, 0) is 75.2 Å². The molecule has 13 nitrogen and oxygen atoms in total. The number of nitrogens with two attached hydrogens (primary N) is 1. The van der Waals surface area contributed by atoms with Crippen molar-refractivity contribution in [3.05, 3.63) is 70.8 Å². The number of carboxylic acid groups (broad SMARTS) is 1. The second-order valence-electron chi connectivity index (χ2n) is 9.05. The summed E-state index contributed by atoms with van der Waals surface area (Å²) in [6.07, 6.45) is 1.95. The molecule has 44 heavy (non-hydrogen) atoms. The Morgan fingerprint density at radius 3 is 1.86 bits per heavy atom. The number of carbonyl (C=O) groups excluding carboxylic acids is 4. The number of hydrogen-bond acceptors (Lipinski definition) is 10. The highest BCUT2D eigenvalue weighted by Crippen LogP contribution is 2.17. The highest BCUT2D eigenvalue weighted by Gasteiger charge is 2.38. The van der Waals surface area contributed by atoms with Crippen LogP contribution in [0.15, 0.2) is 54.1 Å². The molecule has 13 heteroatoms. The third-order valence-corrected chi connectivity index (χ3v) is 5.58. The fourth-order valence-electron chi connectivity index (χ4n) is 3.64. The first kappa shape index (κ1) is 37.0. The van der Waals surface area contributed by atoms with Crippen molar-refractivity contribution in [2.24, 2.45) is 5.73 Å². The molecule has 0 fully saturated rings. The van der Waals surface area contributed by atoms with E-state index >= 15 is 0 Å². The monoisotopic (exact) mass is 613 g/mol. The molecule has 0 aliphatic heterocycles. The number of aliphatic carboxylic acids is 1. The Morgan fingerprint density at radius 1 is 0.909 bits per heavy atom. The van der Waals surface area contributed by atoms with Gasteiger partial charge < -0.3 is 34.7 Å². The van der Waals surface area contributed by atoms with Gasteiger partial charge in [-0.2, -0.15) is 0 Å². The molecular weight excluding hydrogens is 574 g/mol. The van der Waals surface area contributed by atoms with Gasteiger partial charge in [-0.1, -0.05) is 12.1 Å². The summed E-state index contributed by atoms with van der Waals surface area (Å²) in [6, 6.07) is 11.0. The summed E-state index contributed by atoms with van der Waals surface area (Å²) in [6.45, 7) is 6.27. The maximum absolute atomic E-state index is 13.5. The Hall–Kier alpha value is -5.04. The van der Waals surface area contributed by atoms with Gasteiger partial charge in [0.05, 0.1) is 18.8 Å². The van der Waals surface area contributed by atoms with Crippen LogP contribution in [0.3, 0.4) is 0 Å². The van der Waals surface area contributed by atoms with E-state index in [0.29, 0.717) is 29.9 Å². The van der Waals surface area contributed by atoms with Crippen molar-refractivity contribution < 1.29 is 48.0 Å². The van der Waals surface area contributed by atoms with Crippen LogP contribution in [0.1, 0.15) is 55.6 Å². The van der Waals surface area contributed by atoms with Gasteiger partial charge in [-0.3, -0.25) is 15.0 Å². The highest BCUT2D eigenvalue weighted by molar-refractivity contribution is 6.06. The first-order chi connectivity index (χ1) is 20.9. The number of amidine groups is 1. The molecule has 2 aromatic carbocycles. The first-order valence-electron chi connectivity index (χ1n) is 13.6. The van der Waals surface area contributed by atoms with Gasteiger partial charge in [0, 0.05) is 38.3 Å². The van der Waals surface area contributed by atoms with Crippen LogP contribution in [0.25, 0.3) is 6.08 Å². The number of esters is 3. The van der Waals surface area contributed by atoms with Crippen LogP contribution in [0.5, 0.6) is 5.75 Å². The molecule has 4 N–H and O–H groups in total. The second-order valence-corrected chi connectivity index (χ2v) is 9.05. The lowest BCUT2D eigenvalue weighted by Gasteiger charge is -2.29. The minimum Gasteiger partial charge on any atom is -0.481 e. The molecule has 0 aliphatic rings. The normalized spacial score (nSPS) is 10.6. The lowest BCUT2D eigenvalue weighted by Crippen LogP contribution is -2.52. The molecule has 0 saturated heterocycles. The number of carbonyl (C=O) groups is 5. The molecule has 0 radical (unpaired) electrons. The van der Waals surface area contributed by atoms with E-state index in [9.17, 15) is 19.2 Å². The molecule has 0 unspecified atom stereocenters. The Bertz CT molecular complexity index is 1300. The van der Waals surface area contributed by atoms with E-state index in [2.05, 4.69) is 0 Å². The van der Waals surface area contributed by atoms with E-state index in [1.165, 1.54) is 7.11 Å². The molecule has 0 heterocycles. The lowest BCUT2D eigenvalue weighted by molar-refractivity contribution is -0.167. The smallest absolute Gasteiger partial charge is 0.343 e. The quantitative estimate of drug-likeness (QED) is 0.0539. The summed E-state index contributed by atoms with van der Waals surface area (Å²) in [5.74, 6) is -3.52. The summed E-state index contributed by atoms with van der Waals surface area (Å²) < 4.78 is 20.5. The molecule has 0 saturated carbocycles. The SMILES string of the molecule is CC(=O)O.CCOC(=O)C(C(=O)OCC)N(CCCOC)C(=O)C(C)=Cc1ccc(C(=O)Oc2ccc(C(=N)N)cc2)cc1. The molecule has 2 aromatic rings. The van der Waals surface area contributed by atoms with Crippen molar-refractivity contribution in [3.63, 3.8) is 0 Å². The van der Waals surface area contributed by atoms with E-state index in [1.54, 1.807) is 75.4 Å². The zero-order valence-corrected chi connectivity index (χ0v) is 25.5. The Morgan fingerprint density at radius 2 is 1.41 bits per heavy atom. The standard InChI is InChI=1S/C29H35N3O8.C2H4O2/c1-5-38-28(35)24(29(36)39-6-2)32(16-7-17-37-4)26(33)19(3)18-20-8-10-22(11-9-20)27(34)40-23-14-12-21(13-15-23)25(30)31;1-2(3)4/h8-15,18,24H,5-7,16-17H2,1-4H3,(H3,30,31);1H3,(H,3,4). The number of ether oxygens (including phenoxy) is 4. The Kier molecular flexibility index (Phi) is 16.1. The van der Waals surface area contributed by atoms with Gasteiger partial charge in [0.15, 0.2) is 0 Å². The number of methoxy groups -OCH3 is 1. The summed E-state index contributed by atoms with van der Waals surface area (Å²) in [4.78, 5) is 61.5. The molecule has 0 aliphatic carbocycles. The third-order valence-electron chi connectivity index (χ3n) is 5.58. The van der Waals surface area contributed by atoms with Crippen LogP contribution in [-0.4, -0.2) is 85.1 Å². The largest absolute Gasteiger partial charge is 0.481 e. The van der Waals surface area contributed by atoms with Gasteiger partial charge in [0.25, 0.3) is 11.9 Å². The summed E-state index contributed by atoms with van der Waals surface area (Å²) in [5.41, 5.74) is 7.07. The Balaban J connectivity index is 0.00000227. The number of benzene rings is 2. The van der Waals surface area contributed by atoms with Crippen LogP contribution in [0.4, 0.5) is 0 Å². The van der Waals surface area contributed by atoms with E-state index in [0.717, 1.165) is 11.8 Å². The fourth-order valence-corrected chi connectivity index (χ4v) is 3.64. The summed E-state index contributed by atoms with van der Waals surface area (Å²) in [7, 11) is 1.51. The minimum absolute atomic E-state index is 0.0299. The number of nitrogens with one attached hydrogen (secondary N) is 1. The molecule has 0 aromatic heterocycles. The Labute approximate surface area is 256 Å². The summed E-state index contributed by atoms with van der Waals surface area (Å²) in [5, 5.41) is 14.8. The van der Waals surface area contributed by atoms with E-state index in [1.807, 2.05) is 0 Å². The molecular formula is C31H39N3O10. The van der Waals surface area contributed by atoms with Crippen LogP contribution >= 0.6 is 0 Å². The molecule has 238 valence electrons. The predicted octanol–water partition coefficient (Wildman–Crippen LogP) is 3.04. The first-order valence-corrected chi connectivity index (χ1v) is 13.6. The van der Waals surface area contributed by atoms with Crippen molar-refractivity contribution in [2.45, 2.75) is 40.2 Å². The highest BCUT2D eigenvalue weighted by atomic mass is 16.6. The van der Waals surface area contributed by atoms with Crippen molar-refractivity contribution in [2.75, 3.05) is 33.5 Å². The molecule has 1 amide bonds. The van der Waals surface area contributed by atoms with Crippen LogP contribution in [0, 0.1) is 5.41 Å². The molecule has 0 bridgehead atoms. The lowest BCUT2D eigenvalue weighted by atomic mass is 10.1. The van der Waals surface area contributed by atoms with Crippen LogP contribution < -0.4 is 10.5 Å². The van der Waals surface area contributed by atoms with Crippen molar-refractivity contribution in [1.82, 2.24) is 4.90 Å². The number of amides is 1. The third kappa shape index (κ3) is 12.4. The molecule has 0 spiro atoms. The average Bonchev–Trinajstić information content (AvgIpc) is 2.97. The van der Waals surface area contributed by atoms with E-state index in [-0.39, 0.29) is 36.7 Å². The van der Waals surface area contributed by atoms with Crippen molar-refractivity contribution >= 4 is 41.7 Å². The molecule has 0 atom stereocenters. The summed E-state index contributed by atoms with van der Waals surface area (Å²) >= 11 is 0. The van der Waals surface area contributed by atoms with Crippen molar-refractivity contribution in [1.29, 1.82) is 5.41 Å². The van der Waals surface area contributed by atoms with Crippen LogP contribution in [-0.2, 0) is 33.4 Å². The fraction of sp³-hybridized carbons (Fsp3) is 0.355. The van der Waals surface area contributed by atoms with E-state index < -0.39 is 35.8 Å². The van der Waals surface area contributed by atoms with E-state index in [4.69, 9.17) is 40.0 Å². The van der Waals surface area contributed by atoms with Gasteiger partial charge >= 0.3 is 17.9 Å². The average molecular weight is 614 g/mol. The number of nitrogens with zero attached hydrogens (tertiary/aromatic N) is 1. The number of carboxylic acids is 1. The molecule has 2 rings (SSSR count). The minimum atomic E-state index is -1.56.